The van der Waals surface area contributed by atoms with Crippen molar-refractivity contribution in [1.29, 1.82) is 0 Å². The lowest BCUT2D eigenvalue weighted by molar-refractivity contribution is -0.161. The summed E-state index contributed by atoms with van der Waals surface area (Å²) in [7, 11) is -4.71. The Morgan fingerprint density at radius 2 is 0.909 bits per heavy atom. The highest BCUT2D eigenvalue weighted by molar-refractivity contribution is 7.47. The average molecular weight is 804 g/mol. The van der Waals surface area contributed by atoms with Crippen molar-refractivity contribution in [3.8, 4) is 0 Å². The number of ether oxygens (including phenoxy) is 2. The molecule has 0 aliphatic heterocycles. The third kappa shape index (κ3) is 38.9. The van der Waals surface area contributed by atoms with E-state index in [0.717, 1.165) is 57.8 Å². The van der Waals surface area contributed by atoms with Crippen molar-refractivity contribution in [3.05, 3.63) is 12.2 Å². The Morgan fingerprint density at radius 1 is 0.545 bits per heavy atom. The number of aliphatic carboxylic acids is 1. The minimum atomic E-state index is -4.71. The third-order valence-electron chi connectivity index (χ3n) is 9.76. The predicted molar refractivity (Wildman–Crippen MR) is 222 cm³/mol. The summed E-state index contributed by atoms with van der Waals surface area (Å²) in [4.78, 5) is 45.9. The summed E-state index contributed by atoms with van der Waals surface area (Å²) < 4.78 is 32.7. The van der Waals surface area contributed by atoms with Crippen molar-refractivity contribution in [2.24, 2.45) is 5.73 Å². The van der Waals surface area contributed by atoms with E-state index in [-0.39, 0.29) is 19.4 Å². The van der Waals surface area contributed by atoms with Crippen LogP contribution in [0.1, 0.15) is 213 Å². The molecule has 55 heavy (non-hydrogen) atoms. The number of carboxylic acid groups (broad SMARTS) is 1. The fraction of sp³-hybridized carbons (Fsp3) is 0.884. The van der Waals surface area contributed by atoms with Crippen molar-refractivity contribution >= 4 is 25.7 Å². The zero-order valence-corrected chi connectivity index (χ0v) is 35.9. The van der Waals surface area contributed by atoms with Crippen molar-refractivity contribution < 1.29 is 47.5 Å². The van der Waals surface area contributed by atoms with Crippen molar-refractivity contribution in [2.75, 3.05) is 19.8 Å². The lowest BCUT2D eigenvalue weighted by atomic mass is 10.0. The van der Waals surface area contributed by atoms with Crippen LogP contribution in [0.15, 0.2) is 12.2 Å². The van der Waals surface area contributed by atoms with Crippen LogP contribution in [-0.4, -0.2) is 59.9 Å². The quantitative estimate of drug-likeness (QED) is 0.0232. The fourth-order valence-corrected chi connectivity index (χ4v) is 7.02. The number of unbranched alkanes of at least 4 members (excludes halogenated alkanes) is 26. The van der Waals surface area contributed by atoms with Gasteiger partial charge in [-0.1, -0.05) is 174 Å². The largest absolute Gasteiger partial charge is 0.480 e. The molecule has 0 saturated heterocycles. The first-order valence-corrected chi connectivity index (χ1v) is 23.7. The smallest absolute Gasteiger partial charge is 0.472 e. The summed E-state index contributed by atoms with van der Waals surface area (Å²) in [5, 5.41) is 8.89. The van der Waals surface area contributed by atoms with E-state index in [4.69, 9.17) is 24.8 Å². The normalized spacial score (nSPS) is 13.8. The molecular formula is C43H82NO10P. The fourth-order valence-electron chi connectivity index (χ4n) is 6.24. The Morgan fingerprint density at radius 3 is 1.33 bits per heavy atom. The van der Waals surface area contributed by atoms with Gasteiger partial charge >= 0.3 is 25.7 Å². The Hall–Kier alpha value is -1.78. The van der Waals surface area contributed by atoms with E-state index < -0.39 is 51.1 Å². The Kier molecular flexibility index (Phi) is 37.8. The highest BCUT2D eigenvalue weighted by atomic mass is 31.2. The van der Waals surface area contributed by atoms with Crippen LogP contribution in [-0.2, 0) is 37.5 Å². The van der Waals surface area contributed by atoms with Crippen LogP contribution in [0.25, 0.3) is 0 Å². The summed E-state index contributed by atoms with van der Waals surface area (Å²) in [6.45, 7) is 2.81. The number of hydrogen-bond donors (Lipinski definition) is 3. The molecule has 0 spiro atoms. The Labute approximate surface area is 335 Å². The molecule has 4 N–H and O–H groups in total. The molecule has 3 atom stereocenters. The Balaban J connectivity index is 4.33. The van der Waals surface area contributed by atoms with Crippen LogP contribution in [0.4, 0.5) is 0 Å². The van der Waals surface area contributed by atoms with Crippen LogP contribution in [0.3, 0.4) is 0 Å². The number of allylic oxidation sites excluding steroid dienone is 2. The second-order valence-electron chi connectivity index (χ2n) is 15.2. The molecule has 0 aliphatic rings. The third-order valence-corrected chi connectivity index (χ3v) is 10.7. The van der Waals surface area contributed by atoms with Crippen LogP contribution in [0, 0.1) is 0 Å². The second-order valence-corrected chi connectivity index (χ2v) is 16.6. The van der Waals surface area contributed by atoms with E-state index >= 15 is 0 Å². The van der Waals surface area contributed by atoms with Gasteiger partial charge in [-0.05, 0) is 38.5 Å². The molecule has 0 aliphatic carbocycles. The van der Waals surface area contributed by atoms with E-state index in [2.05, 4.69) is 30.5 Å². The van der Waals surface area contributed by atoms with Crippen LogP contribution in [0.5, 0.6) is 0 Å². The van der Waals surface area contributed by atoms with Gasteiger partial charge in [0.25, 0.3) is 0 Å². The lowest BCUT2D eigenvalue weighted by Crippen LogP contribution is -2.34. The van der Waals surface area contributed by atoms with Crippen molar-refractivity contribution in [1.82, 2.24) is 0 Å². The van der Waals surface area contributed by atoms with Gasteiger partial charge in [-0.3, -0.25) is 23.4 Å². The number of phosphoric acid groups is 1. The SMILES string of the molecule is CCCCCCCC/C=C/CCCCCCCC(=O)OC[C@H](COP(=O)(O)OC[C@H](N)C(=O)O)OC(=O)CCCCCCCCCCCCCCCCCC. The molecule has 0 rings (SSSR count). The molecule has 0 aromatic carbocycles. The molecule has 0 bridgehead atoms. The zero-order valence-electron chi connectivity index (χ0n) is 35.0. The Bertz CT molecular complexity index is 995. The van der Waals surface area contributed by atoms with Gasteiger partial charge in [0.2, 0.25) is 0 Å². The molecule has 1 unspecified atom stereocenters. The lowest BCUT2D eigenvalue weighted by Gasteiger charge is -2.20. The maximum absolute atomic E-state index is 12.6. The van der Waals surface area contributed by atoms with E-state index in [1.807, 2.05) is 0 Å². The second kappa shape index (κ2) is 39.1. The molecule has 0 heterocycles. The van der Waals surface area contributed by atoms with Gasteiger partial charge in [0.05, 0.1) is 13.2 Å². The van der Waals surface area contributed by atoms with Crippen LogP contribution >= 0.6 is 7.82 Å². The minimum Gasteiger partial charge on any atom is -0.480 e. The van der Waals surface area contributed by atoms with E-state index in [0.29, 0.717) is 12.8 Å². The topological polar surface area (TPSA) is 172 Å². The van der Waals surface area contributed by atoms with E-state index in [9.17, 15) is 23.8 Å². The number of phosphoric ester groups is 1. The minimum absolute atomic E-state index is 0.165. The molecule has 0 radical (unpaired) electrons. The molecule has 12 heteroatoms. The summed E-state index contributed by atoms with van der Waals surface area (Å²) >= 11 is 0. The van der Waals surface area contributed by atoms with E-state index in [1.54, 1.807) is 0 Å². The molecule has 11 nitrogen and oxygen atoms in total. The first-order chi connectivity index (χ1) is 26.6. The maximum Gasteiger partial charge on any atom is 0.472 e. The van der Waals surface area contributed by atoms with Crippen LogP contribution in [0.2, 0.25) is 0 Å². The van der Waals surface area contributed by atoms with Gasteiger partial charge in [-0.2, -0.15) is 0 Å². The molecule has 324 valence electrons. The first kappa shape index (κ1) is 53.2. The van der Waals surface area contributed by atoms with Gasteiger partial charge in [-0.25, -0.2) is 4.57 Å². The van der Waals surface area contributed by atoms with Gasteiger partial charge < -0.3 is 25.2 Å². The molecule has 0 aromatic heterocycles. The summed E-state index contributed by atoms with van der Waals surface area (Å²) in [6.07, 6.45) is 38.4. The number of carbonyl (C=O) groups excluding carboxylic acids is 2. The predicted octanol–water partition coefficient (Wildman–Crippen LogP) is 11.7. The van der Waals surface area contributed by atoms with Crippen molar-refractivity contribution in [3.63, 3.8) is 0 Å². The number of carboxylic acids is 1. The highest BCUT2D eigenvalue weighted by Crippen LogP contribution is 2.43. The van der Waals surface area contributed by atoms with Gasteiger partial charge in [0, 0.05) is 12.8 Å². The maximum atomic E-state index is 12.6. The van der Waals surface area contributed by atoms with E-state index in [1.165, 1.54) is 116 Å². The van der Waals surface area contributed by atoms with Crippen molar-refractivity contribution in [2.45, 2.75) is 225 Å². The molecule has 0 aromatic rings. The molecule has 0 fully saturated rings. The van der Waals surface area contributed by atoms with Gasteiger partial charge in [-0.15, -0.1) is 0 Å². The summed E-state index contributed by atoms with van der Waals surface area (Å²) in [6, 6.07) is -1.52. The van der Waals surface area contributed by atoms with Gasteiger partial charge in [0.1, 0.15) is 12.6 Å². The van der Waals surface area contributed by atoms with Crippen LogP contribution < -0.4 is 5.73 Å². The average Bonchev–Trinajstić information content (AvgIpc) is 3.16. The number of esters is 2. The summed E-state index contributed by atoms with van der Waals surface area (Å²) in [5.41, 5.74) is 5.33. The monoisotopic (exact) mass is 804 g/mol. The summed E-state index contributed by atoms with van der Waals surface area (Å²) in [5.74, 6) is -2.37. The molecule has 0 amide bonds. The number of hydrogen-bond acceptors (Lipinski definition) is 9. The number of nitrogens with two attached hydrogens (primary N) is 1. The van der Waals surface area contributed by atoms with Gasteiger partial charge in [0.15, 0.2) is 6.10 Å². The number of rotatable bonds is 42. The first-order valence-electron chi connectivity index (χ1n) is 22.2. The molecular weight excluding hydrogens is 721 g/mol. The highest BCUT2D eigenvalue weighted by Gasteiger charge is 2.28. The molecule has 0 saturated carbocycles. The standard InChI is InChI=1S/C43H82NO10P/c1-3-5-7-9-11-13-15-17-19-21-23-25-27-29-31-33-35-42(46)54-39(37-52-55(49,50)53-38-40(44)43(47)48)36-51-41(45)34-32-30-28-26-24-22-20-18-16-14-12-10-8-6-4-2/h18,20,39-40H,3-17,19,21-38,44H2,1-2H3,(H,47,48)(H,49,50)/b20-18+/t39-,40+/m1/s1. The zero-order chi connectivity index (χ0) is 40.7. The number of carbonyl (C=O) groups is 3.